The molecular formula is C13H26N2O2. The Kier molecular flexibility index (Phi) is 7.21. The summed E-state index contributed by atoms with van der Waals surface area (Å²) in [5.41, 5.74) is 0. The van der Waals surface area contributed by atoms with E-state index in [1.807, 2.05) is 6.92 Å². The van der Waals surface area contributed by atoms with Crippen LogP contribution in [-0.4, -0.2) is 36.2 Å². The minimum absolute atomic E-state index is 0.123. The standard InChI is InChI=1S/C13H26N2O2/c1-2-11(8-10-16)15-13(17)7-6-12-5-3-4-9-14-12/h11-12,14,16H,2-10H2,1H3,(H,15,17). The first-order chi connectivity index (χ1) is 8.26. The molecule has 1 rings (SSSR count). The minimum Gasteiger partial charge on any atom is -0.396 e. The second-order valence-electron chi connectivity index (χ2n) is 4.87. The van der Waals surface area contributed by atoms with Crippen LogP contribution in [0.5, 0.6) is 0 Å². The molecule has 1 aliphatic rings. The number of rotatable bonds is 7. The molecule has 0 aromatic heterocycles. The maximum absolute atomic E-state index is 11.7. The van der Waals surface area contributed by atoms with Gasteiger partial charge in [-0.15, -0.1) is 0 Å². The molecule has 1 fully saturated rings. The van der Waals surface area contributed by atoms with Gasteiger partial charge in [0.05, 0.1) is 0 Å². The third-order valence-electron chi connectivity index (χ3n) is 3.47. The maximum Gasteiger partial charge on any atom is 0.220 e. The van der Waals surface area contributed by atoms with Crippen LogP contribution in [-0.2, 0) is 4.79 Å². The van der Waals surface area contributed by atoms with Gasteiger partial charge in [0.1, 0.15) is 0 Å². The van der Waals surface area contributed by atoms with Crippen LogP contribution in [0.15, 0.2) is 0 Å². The van der Waals surface area contributed by atoms with Crippen LogP contribution in [0.25, 0.3) is 0 Å². The van der Waals surface area contributed by atoms with Crippen molar-refractivity contribution in [2.45, 2.75) is 64.0 Å². The average molecular weight is 242 g/mol. The summed E-state index contributed by atoms with van der Waals surface area (Å²) in [6.07, 6.45) is 6.80. The molecule has 4 nitrogen and oxygen atoms in total. The molecule has 1 amide bonds. The van der Waals surface area contributed by atoms with Crippen LogP contribution in [0.3, 0.4) is 0 Å². The summed E-state index contributed by atoms with van der Waals surface area (Å²) in [6, 6.07) is 0.652. The molecule has 4 heteroatoms. The fourth-order valence-electron chi connectivity index (χ4n) is 2.31. The number of hydrogen-bond acceptors (Lipinski definition) is 3. The second-order valence-corrected chi connectivity index (χ2v) is 4.87. The van der Waals surface area contributed by atoms with Crippen molar-refractivity contribution in [2.24, 2.45) is 0 Å². The highest BCUT2D eigenvalue weighted by Crippen LogP contribution is 2.11. The molecule has 1 saturated heterocycles. The molecule has 17 heavy (non-hydrogen) atoms. The number of aliphatic hydroxyl groups is 1. The summed E-state index contributed by atoms with van der Waals surface area (Å²) in [5, 5.41) is 15.3. The smallest absolute Gasteiger partial charge is 0.220 e. The number of hydrogen-bond donors (Lipinski definition) is 3. The molecule has 3 N–H and O–H groups in total. The van der Waals surface area contributed by atoms with Crippen LogP contribution in [0.1, 0.15) is 51.9 Å². The normalized spacial score (nSPS) is 22.1. The Bertz CT molecular complexity index is 215. The summed E-state index contributed by atoms with van der Waals surface area (Å²) >= 11 is 0. The van der Waals surface area contributed by atoms with E-state index in [9.17, 15) is 4.79 Å². The Balaban J connectivity index is 2.14. The Morgan fingerprint density at radius 2 is 2.35 bits per heavy atom. The zero-order chi connectivity index (χ0) is 12.5. The van der Waals surface area contributed by atoms with Crippen molar-refractivity contribution in [3.63, 3.8) is 0 Å². The highest BCUT2D eigenvalue weighted by atomic mass is 16.3. The van der Waals surface area contributed by atoms with E-state index in [0.717, 1.165) is 19.4 Å². The molecule has 2 unspecified atom stereocenters. The van der Waals surface area contributed by atoms with Crippen molar-refractivity contribution >= 4 is 5.91 Å². The van der Waals surface area contributed by atoms with Crippen molar-refractivity contribution < 1.29 is 9.90 Å². The van der Waals surface area contributed by atoms with E-state index in [2.05, 4.69) is 10.6 Å². The molecule has 0 spiro atoms. The van der Waals surface area contributed by atoms with Gasteiger partial charge in [-0.25, -0.2) is 0 Å². The molecule has 100 valence electrons. The number of nitrogens with one attached hydrogen (secondary N) is 2. The predicted molar refractivity (Wildman–Crippen MR) is 68.8 cm³/mol. The molecule has 0 bridgehead atoms. The van der Waals surface area contributed by atoms with Crippen molar-refractivity contribution in [1.82, 2.24) is 10.6 Å². The lowest BCUT2D eigenvalue weighted by molar-refractivity contribution is -0.122. The van der Waals surface area contributed by atoms with Gasteiger partial charge in [-0.1, -0.05) is 13.3 Å². The Labute approximate surface area is 104 Å². The molecule has 0 aliphatic carbocycles. The van der Waals surface area contributed by atoms with E-state index < -0.39 is 0 Å². The summed E-state index contributed by atoms with van der Waals surface area (Å²) in [6.45, 7) is 3.26. The fraction of sp³-hybridized carbons (Fsp3) is 0.923. The van der Waals surface area contributed by atoms with Crippen LogP contribution in [0.4, 0.5) is 0 Å². The largest absolute Gasteiger partial charge is 0.396 e. The molecular weight excluding hydrogens is 216 g/mol. The van der Waals surface area contributed by atoms with Crippen molar-refractivity contribution in [2.75, 3.05) is 13.2 Å². The van der Waals surface area contributed by atoms with E-state index >= 15 is 0 Å². The van der Waals surface area contributed by atoms with E-state index in [0.29, 0.717) is 18.9 Å². The lowest BCUT2D eigenvalue weighted by Gasteiger charge is -2.23. The van der Waals surface area contributed by atoms with Gasteiger partial charge < -0.3 is 15.7 Å². The van der Waals surface area contributed by atoms with Gasteiger partial charge in [-0.05, 0) is 38.6 Å². The zero-order valence-electron chi connectivity index (χ0n) is 10.9. The number of carbonyl (C=O) groups excluding carboxylic acids is 1. The first kappa shape index (κ1) is 14.5. The monoisotopic (exact) mass is 242 g/mol. The summed E-state index contributed by atoms with van der Waals surface area (Å²) in [4.78, 5) is 11.7. The van der Waals surface area contributed by atoms with Gasteiger partial charge in [-0.3, -0.25) is 4.79 Å². The summed E-state index contributed by atoms with van der Waals surface area (Å²) < 4.78 is 0. The summed E-state index contributed by atoms with van der Waals surface area (Å²) in [5.74, 6) is 0.123. The third-order valence-corrected chi connectivity index (χ3v) is 3.47. The quantitative estimate of drug-likeness (QED) is 0.628. The molecule has 0 saturated carbocycles. The molecule has 0 radical (unpaired) electrons. The van der Waals surface area contributed by atoms with Crippen LogP contribution in [0, 0.1) is 0 Å². The molecule has 1 heterocycles. The van der Waals surface area contributed by atoms with E-state index in [1.165, 1.54) is 19.3 Å². The maximum atomic E-state index is 11.7. The first-order valence-electron chi connectivity index (χ1n) is 6.89. The number of amides is 1. The molecule has 0 aromatic rings. The lowest BCUT2D eigenvalue weighted by Crippen LogP contribution is -2.38. The zero-order valence-corrected chi connectivity index (χ0v) is 10.9. The number of piperidine rings is 1. The van der Waals surface area contributed by atoms with E-state index in [4.69, 9.17) is 5.11 Å². The van der Waals surface area contributed by atoms with Crippen molar-refractivity contribution in [3.8, 4) is 0 Å². The van der Waals surface area contributed by atoms with Gasteiger partial charge >= 0.3 is 0 Å². The Morgan fingerprint density at radius 3 is 2.94 bits per heavy atom. The van der Waals surface area contributed by atoms with Gasteiger partial charge in [0.2, 0.25) is 5.91 Å². The minimum atomic E-state index is 0.123. The average Bonchev–Trinajstić information content (AvgIpc) is 2.37. The van der Waals surface area contributed by atoms with E-state index in [1.54, 1.807) is 0 Å². The van der Waals surface area contributed by atoms with E-state index in [-0.39, 0.29) is 18.6 Å². The highest BCUT2D eigenvalue weighted by Gasteiger charge is 2.15. The predicted octanol–water partition coefficient (Wildman–Crippen LogP) is 1.19. The lowest BCUT2D eigenvalue weighted by atomic mass is 10.0. The van der Waals surface area contributed by atoms with Crippen molar-refractivity contribution in [3.05, 3.63) is 0 Å². The van der Waals surface area contributed by atoms with Gasteiger partial charge in [0.15, 0.2) is 0 Å². The molecule has 1 aliphatic heterocycles. The van der Waals surface area contributed by atoms with Crippen molar-refractivity contribution in [1.29, 1.82) is 0 Å². The fourth-order valence-corrected chi connectivity index (χ4v) is 2.31. The third kappa shape index (κ3) is 6.03. The molecule has 0 aromatic carbocycles. The van der Waals surface area contributed by atoms with Crippen LogP contribution in [0.2, 0.25) is 0 Å². The van der Waals surface area contributed by atoms with Gasteiger partial charge in [0.25, 0.3) is 0 Å². The van der Waals surface area contributed by atoms with Gasteiger partial charge in [-0.2, -0.15) is 0 Å². The number of aliphatic hydroxyl groups excluding tert-OH is 1. The second kappa shape index (κ2) is 8.48. The Morgan fingerprint density at radius 1 is 1.53 bits per heavy atom. The highest BCUT2D eigenvalue weighted by molar-refractivity contribution is 5.76. The summed E-state index contributed by atoms with van der Waals surface area (Å²) in [7, 11) is 0. The van der Waals surface area contributed by atoms with Crippen LogP contribution < -0.4 is 10.6 Å². The SMILES string of the molecule is CCC(CCO)NC(=O)CCC1CCCCN1. The Hall–Kier alpha value is -0.610. The molecule has 2 atom stereocenters. The first-order valence-corrected chi connectivity index (χ1v) is 6.89. The number of carbonyl (C=O) groups is 1. The van der Waals surface area contributed by atoms with Gasteiger partial charge in [0, 0.05) is 25.1 Å². The topological polar surface area (TPSA) is 61.4 Å². The van der Waals surface area contributed by atoms with Crippen LogP contribution >= 0.6 is 0 Å².